The maximum absolute atomic E-state index is 9.21. The van der Waals surface area contributed by atoms with Crippen LogP contribution in [0.2, 0.25) is 0 Å². The highest BCUT2D eigenvalue weighted by atomic mass is 14.9. The Hall–Kier alpha value is -9.64. The molecule has 0 unspecified atom stereocenters. The molecule has 4 nitrogen and oxygen atoms in total. The predicted octanol–water partition coefficient (Wildman–Crippen LogP) is 27.4. The summed E-state index contributed by atoms with van der Waals surface area (Å²) in [7, 11) is 7.67. The average Bonchev–Trinajstić information content (AvgIpc) is 0.728. The summed E-state index contributed by atoms with van der Waals surface area (Å²) in [6.45, 7) is 38.0. The second kappa shape index (κ2) is 35.6. The van der Waals surface area contributed by atoms with Crippen LogP contribution in [0.1, 0.15) is 241 Å². The van der Waals surface area contributed by atoms with Crippen LogP contribution in [0.5, 0.6) is 0 Å². The second-order valence-electron chi connectivity index (χ2n) is 37.4. The predicted molar refractivity (Wildman–Crippen MR) is 491 cm³/mol. The standard InChI is InChI=1S/C34H48N.C29H38N.C26H32N.C21H22N/c1-23-17-24(2)30(19-29(23)25-13-15-28(16-14-25)34(9,10)11)31-18-26(20-32(3,4)5)27(22-35(31)12)21-33(6,7)8;1-20-16-21(2)26(27-17-22(14-15-30(27)9)19-28(3,4)5)18-25(20)23-10-12-24(13-11-23)29(6,7)8;1-18-8-11-22(12-9-18)23-15-24(20(3)14-19(23)2)25-13-10-21(17-27(25)7)16-26(4,5)6;1-15-8-10-18(11-9-15)19-14-20(17(3)13-16(19)2)21-7-5-6-12-22(21)4/h13-19,22H,20-21H2,1-12H3;10-18H,19H2,1-9H3;8-15,17H,16H2,1-7H3;5-14H,1-4H3/q4*+1/i1D3,20D2,21D2;1D3,19D2;2D3,16D2;2D3. The van der Waals surface area contributed by atoms with Crippen molar-refractivity contribution >= 4 is 0 Å². The summed E-state index contributed by atoms with van der Waals surface area (Å²) < 4.78 is 176. The summed E-state index contributed by atoms with van der Waals surface area (Å²) in [6.07, 6.45) is 0.725. The summed E-state index contributed by atoms with van der Waals surface area (Å²) in [4.78, 5) is 0. The molecule has 4 heterocycles. The lowest BCUT2D eigenvalue weighted by atomic mass is 9.81. The van der Waals surface area contributed by atoms with Gasteiger partial charge in [0.1, 0.15) is 28.2 Å². The Morgan fingerprint density at radius 3 is 0.939 bits per heavy atom. The SMILES string of the molecule is [2H]C([2H])([2H])c1cc(C)c(-c2cc(C([2H])([2H])C(C)(C)C)c(C([2H])([2H])C(C)(C)C)c[n+]2C)cc1-c1ccc(C(C)(C)C)cc1.[2H]C([2H])([2H])c1cc(C)c(-c2cc(C([2H])([2H])C(C)(C)C)cc[n+]2C)cc1-c1ccc(C(C)(C)C)cc1.[2H]C([2H])([2H])c1cc(C)c(-c2ccc(C([2H])([2H])C(C)(C)C)c[n+]2C)cc1-c1ccc(C)cc1.[2H]C([2H])([2H])c1cc(C)c(-c2cccc[n+]2C)cc1-c1ccc(C)cc1. The molecule has 114 heavy (non-hydrogen) atoms. The highest BCUT2D eigenvalue weighted by molar-refractivity contribution is 5.80. The maximum atomic E-state index is 9.21. The van der Waals surface area contributed by atoms with E-state index < -0.39 is 74.6 Å². The Morgan fingerprint density at radius 2 is 0.588 bits per heavy atom. The first-order chi connectivity index (χ1) is 60.9. The van der Waals surface area contributed by atoms with Gasteiger partial charge in [0, 0.05) is 97.2 Å². The fourth-order valence-electron chi connectivity index (χ4n) is 14.1. The van der Waals surface area contributed by atoms with Gasteiger partial charge in [0.15, 0.2) is 24.8 Å². The van der Waals surface area contributed by atoms with Crippen molar-refractivity contribution in [3.05, 3.63) is 308 Å². The van der Waals surface area contributed by atoms with Gasteiger partial charge in [-0.15, -0.1) is 0 Å². The van der Waals surface area contributed by atoms with Crippen molar-refractivity contribution < 1.29 is 45.7 Å². The summed E-state index contributed by atoms with van der Waals surface area (Å²) >= 11 is 0. The molecule has 0 N–H and O–H groups in total. The first-order valence-corrected chi connectivity index (χ1v) is 39.9. The van der Waals surface area contributed by atoms with Crippen molar-refractivity contribution in [2.24, 2.45) is 49.9 Å². The third-order valence-electron chi connectivity index (χ3n) is 20.1. The van der Waals surface area contributed by atoms with Crippen LogP contribution in [0, 0.1) is 90.6 Å². The number of rotatable bonds is 12. The Balaban J connectivity index is 0.000000203. The summed E-state index contributed by atoms with van der Waals surface area (Å²) in [5.41, 5.74) is 21.8. The van der Waals surface area contributed by atoms with E-state index in [1.54, 1.807) is 30.5 Å². The quantitative estimate of drug-likeness (QED) is 0.108. The normalized spacial score (nSPS) is 15.5. The van der Waals surface area contributed by atoms with Gasteiger partial charge in [-0.25, -0.2) is 18.3 Å². The van der Waals surface area contributed by atoms with Crippen LogP contribution in [0.15, 0.2) is 219 Å². The van der Waals surface area contributed by atoms with Gasteiger partial charge < -0.3 is 0 Å². The molecule has 0 spiro atoms. The van der Waals surface area contributed by atoms with Crippen LogP contribution in [0.3, 0.4) is 0 Å². The molecule has 0 amide bonds. The van der Waals surface area contributed by atoms with Gasteiger partial charge in [-0.3, -0.25) is 0 Å². The van der Waals surface area contributed by atoms with Crippen LogP contribution in [-0.2, 0) is 64.5 Å². The molecule has 0 bridgehead atoms. The van der Waals surface area contributed by atoms with E-state index in [1.807, 2.05) is 337 Å². The highest BCUT2D eigenvalue weighted by Crippen LogP contribution is 2.40. The Kier molecular flexibility index (Phi) is 19.9. The molecule has 12 rings (SSSR count). The van der Waals surface area contributed by atoms with E-state index in [0.29, 0.717) is 61.3 Å². The van der Waals surface area contributed by atoms with E-state index in [2.05, 4.69) is 64.3 Å². The fraction of sp³-hybridized carbons (Fsp3) is 0.382. The van der Waals surface area contributed by atoms with Gasteiger partial charge in [-0.2, -0.15) is 0 Å². The number of nitrogens with zero attached hydrogens (tertiary/aromatic N) is 4. The van der Waals surface area contributed by atoms with Crippen molar-refractivity contribution in [3.63, 3.8) is 0 Å². The molecule has 0 radical (unpaired) electrons. The lowest BCUT2D eigenvalue weighted by molar-refractivity contribution is -0.661. The largest absolute Gasteiger partial charge is 0.212 e. The van der Waals surface area contributed by atoms with E-state index in [4.69, 9.17) is 24.7 Å². The lowest BCUT2D eigenvalue weighted by Gasteiger charge is -2.24. The third kappa shape index (κ3) is 23.5. The molecule has 4 heteroatoms. The molecule has 0 aliphatic rings. The number of hydrogen-bond acceptors (Lipinski definition) is 0. The van der Waals surface area contributed by atoms with Gasteiger partial charge in [0.25, 0.3) is 0 Å². The van der Waals surface area contributed by atoms with Crippen molar-refractivity contribution in [1.29, 1.82) is 0 Å². The van der Waals surface area contributed by atoms with E-state index in [-0.39, 0.29) is 16.4 Å². The molecule has 0 aliphatic heterocycles. The molecule has 596 valence electrons. The molecule has 12 aromatic rings. The average molecular weight is 1540 g/mol. The molecule has 0 aliphatic carbocycles. The van der Waals surface area contributed by atoms with Crippen LogP contribution in [0.25, 0.3) is 89.5 Å². The number of hydrogen-bond donors (Lipinski definition) is 0. The zero-order valence-electron chi connectivity index (χ0n) is 93.6. The van der Waals surface area contributed by atoms with Crippen LogP contribution >= 0.6 is 0 Å². The van der Waals surface area contributed by atoms with Gasteiger partial charge in [-0.1, -0.05) is 257 Å². The van der Waals surface area contributed by atoms with Crippen LogP contribution in [-0.4, -0.2) is 0 Å². The highest BCUT2D eigenvalue weighted by Gasteiger charge is 2.28. The molecular weight excluding hydrogens is 1380 g/mol. The van der Waals surface area contributed by atoms with E-state index in [0.717, 1.165) is 106 Å². The van der Waals surface area contributed by atoms with Crippen LogP contribution in [0.4, 0.5) is 0 Å². The number of benzene rings is 8. The van der Waals surface area contributed by atoms with E-state index in [1.165, 1.54) is 5.56 Å². The smallest absolute Gasteiger partial charge is 0.201 e. The number of aryl methyl sites for hydroxylation is 14. The van der Waals surface area contributed by atoms with Crippen molar-refractivity contribution in [2.45, 2.75) is 230 Å². The minimum Gasteiger partial charge on any atom is -0.201 e. The molecule has 4 aromatic heterocycles. The lowest BCUT2D eigenvalue weighted by Crippen LogP contribution is -2.33. The fourth-order valence-corrected chi connectivity index (χ4v) is 14.1. The summed E-state index contributed by atoms with van der Waals surface area (Å²) in [6, 6.07) is 62.2. The van der Waals surface area contributed by atoms with E-state index in [9.17, 15) is 2.74 Å². The second-order valence-corrected chi connectivity index (χ2v) is 37.4. The first kappa shape index (κ1) is 63.6. The Morgan fingerprint density at radius 1 is 0.263 bits per heavy atom. The van der Waals surface area contributed by atoms with Gasteiger partial charge in [0.2, 0.25) is 22.8 Å². The van der Waals surface area contributed by atoms with Gasteiger partial charge in [0.05, 0.1) is 0 Å². The number of pyridine rings is 4. The number of aromatic nitrogens is 4. The minimum absolute atomic E-state index is 0.00405. The van der Waals surface area contributed by atoms with Gasteiger partial charge in [-0.05, 0) is 275 Å². The topological polar surface area (TPSA) is 15.5 Å². The molecule has 8 aromatic carbocycles. The zero-order chi connectivity index (χ0) is 101. The maximum Gasteiger partial charge on any atom is 0.212 e. The van der Waals surface area contributed by atoms with Crippen molar-refractivity contribution in [3.8, 4) is 89.5 Å². The zero-order valence-corrected chi connectivity index (χ0v) is 73.6. The van der Waals surface area contributed by atoms with Crippen molar-refractivity contribution in [1.82, 2.24) is 0 Å². The Labute approximate surface area is 719 Å². The van der Waals surface area contributed by atoms with Gasteiger partial charge >= 0.3 is 0 Å². The van der Waals surface area contributed by atoms with Crippen LogP contribution < -0.4 is 18.3 Å². The van der Waals surface area contributed by atoms with E-state index >= 15 is 0 Å². The Bertz CT molecular complexity index is 6240. The summed E-state index contributed by atoms with van der Waals surface area (Å²) in [5.74, 6) is 0. The molecule has 0 saturated heterocycles. The molecule has 0 fully saturated rings. The molecule has 0 saturated carbocycles. The molecule has 0 atom stereocenters. The third-order valence-corrected chi connectivity index (χ3v) is 20.1. The monoisotopic (exact) mass is 1540 g/mol. The first-order valence-electron chi connectivity index (χ1n) is 49.9. The van der Waals surface area contributed by atoms with Crippen molar-refractivity contribution in [2.75, 3.05) is 0 Å². The molecular formula is C110H140N4+4. The summed E-state index contributed by atoms with van der Waals surface area (Å²) in [5, 5.41) is 0. The minimum atomic E-state index is -2.33.